The number of rotatable bonds is 3. The Morgan fingerprint density at radius 1 is 1.09 bits per heavy atom. The molecule has 0 unspecified atom stereocenters. The quantitative estimate of drug-likeness (QED) is 0.715. The van der Waals surface area contributed by atoms with Gasteiger partial charge in [-0.15, -0.1) is 7.94 Å². The van der Waals surface area contributed by atoms with Gasteiger partial charge in [0.2, 0.25) is 0 Å². The molecule has 13 heteroatoms. The van der Waals surface area contributed by atoms with Gasteiger partial charge in [0.15, 0.2) is 6.20 Å². The lowest BCUT2D eigenvalue weighted by atomic mass is 10.8. The van der Waals surface area contributed by atoms with E-state index in [2.05, 4.69) is 4.98 Å². The summed E-state index contributed by atoms with van der Waals surface area (Å²) in [6, 6.07) is 0. The van der Waals surface area contributed by atoms with E-state index in [9.17, 15) is 30.0 Å². The van der Waals surface area contributed by atoms with Crippen LogP contribution in [0.25, 0.3) is 0 Å². The molecule has 0 atom stereocenters. The summed E-state index contributed by atoms with van der Waals surface area (Å²) in [6.45, 7) is 2.31. The molecule has 0 N–H and O–H groups in total. The minimum Gasteiger partial charge on any atom is -0.241 e. The molecule has 22 heavy (non-hydrogen) atoms. The number of aryl methyl sites for hydroxylation is 1. The van der Waals surface area contributed by atoms with Gasteiger partial charge < -0.3 is 0 Å². The number of hydrogen-bond acceptors (Lipinski definition) is 5. The average Bonchev–Trinajstić information content (AvgIpc) is 2.94. The van der Waals surface area contributed by atoms with Crippen molar-refractivity contribution in [2.45, 2.75) is 19.4 Å². The molecule has 2 rings (SSSR count). The molecular formula is C9H10F3N4O4S2+. The van der Waals surface area contributed by atoms with Gasteiger partial charge in [-0.2, -0.15) is 34.0 Å². The molecule has 0 aliphatic rings. The van der Waals surface area contributed by atoms with Crippen molar-refractivity contribution in [3.8, 4) is 0 Å². The van der Waals surface area contributed by atoms with E-state index in [-0.39, 0.29) is 9.80 Å². The van der Waals surface area contributed by atoms with E-state index in [1.54, 1.807) is 0 Å². The van der Waals surface area contributed by atoms with Crippen LogP contribution in [0, 0.1) is 13.8 Å². The molecule has 0 fully saturated rings. The molecule has 2 aromatic rings. The number of imidazole rings is 2. The Labute approximate surface area is 123 Å². The van der Waals surface area contributed by atoms with Gasteiger partial charge in [-0.1, -0.05) is 0 Å². The maximum Gasteiger partial charge on any atom is 0.537 e. The maximum atomic E-state index is 12.6. The molecule has 0 amide bonds. The van der Waals surface area contributed by atoms with Gasteiger partial charge in [0, 0.05) is 19.3 Å². The van der Waals surface area contributed by atoms with Gasteiger partial charge in [-0.3, -0.25) is 0 Å². The predicted molar refractivity (Wildman–Crippen MR) is 66.4 cm³/mol. The van der Waals surface area contributed by atoms with E-state index < -0.39 is 31.6 Å². The summed E-state index contributed by atoms with van der Waals surface area (Å²) >= 11 is 0. The summed E-state index contributed by atoms with van der Waals surface area (Å²) in [7, 11) is -10.0. The topological polar surface area (TPSA) is 94.9 Å². The van der Waals surface area contributed by atoms with E-state index in [1.807, 2.05) is 0 Å². The number of aromatic nitrogens is 4. The van der Waals surface area contributed by atoms with Gasteiger partial charge in [-0.05, 0) is 6.92 Å². The third-order valence-electron chi connectivity index (χ3n) is 2.81. The van der Waals surface area contributed by atoms with Crippen molar-refractivity contribution in [1.82, 2.24) is 12.9 Å². The standard InChI is InChI=1S/C9H10F3N4O4S2/c1-7-13-3-4-14(7)22(19,20)16-6-5-15(8(16)2)21(17,18)9(10,11)12/h3-6H,1-2H3/q+1. The molecule has 0 radical (unpaired) electrons. The van der Waals surface area contributed by atoms with Gasteiger partial charge in [-0.25, -0.2) is 4.98 Å². The molecule has 0 saturated carbocycles. The highest BCUT2D eigenvalue weighted by molar-refractivity contribution is 7.88. The molecule has 2 aromatic heterocycles. The third kappa shape index (κ3) is 2.29. The van der Waals surface area contributed by atoms with E-state index in [0.717, 1.165) is 13.1 Å². The van der Waals surface area contributed by atoms with Crippen LogP contribution in [-0.4, -0.2) is 35.3 Å². The average molecular weight is 359 g/mol. The highest BCUT2D eigenvalue weighted by Crippen LogP contribution is 2.22. The molecular weight excluding hydrogens is 349 g/mol. The van der Waals surface area contributed by atoms with Crippen LogP contribution in [0.1, 0.15) is 11.6 Å². The molecule has 2 heterocycles. The van der Waals surface area contributed by atoms with Crippen LogP contribution in [0.4, 0.5) is 13.2 Å². The minimum absolute atomic E-state index is 0.0679. The minimum atomic E-state index is -5.72. The number of alkyl halides is 3. The summed E-state index contributed by atoms with van der Waals surface area (Å²) < 4.78 is 86.1. The van der Waals surface area contributed by atoms with Crippen molar-refractivity contribution < 1.29 is 34.0 Å². The maximum absolute atomic E-state index is 12.6. The number of hydrogen-bond donors (Lipinski definition) is 0. The first-order valence-electron chi connectivity index (χ1n) is 5.58. The van der Waals surface area contributed by atoms with E-state index in [0.29, 0.717) is 20.3 Å². The normalized spacial score (nSPS) is 13.5. The monoisotopic (exact) mass is 359 g/mol. The van der Waals surface area contributed by atoms with Gasteiger partial charge in [0.05, 0.1) is 0 Å². The molecule has 8 nitrogen and oxygen atoms in total. The van der Waals surface area contributed by atoms with E-state index >= 15 is 0 Å². The predicted octanol–water partition coefficient (Wildman–Crippen LogP) is -0.0722. The smallest absolute Gasteiger partial charge is 0.241 e. The highest BCUT2D eigenvalue weighted by Gasteiger charge is 2.52. The Morgan fingerprint density at radius 3 is 2.14 bits per heavy atom. The second kappa shape index (κ2) is 4.81. The molecule has 0 aliphatic carbocycles. The first-order chi connectivity index (χ1) is 9.90. The van der Waals surface area contributed by atoms with Crippen LogP contribution in [0.3, 0.4) is 0 Å². The molecule has 122 valence electrons. The van der Waals surface area contributed by atoms with Crippen LogP contribution >= 0.6 is 0 Å². The van der Waals surface area contributed by atoms with Crippen LogP contribution in [0.5, 0.6) is 0 Å². The summed E-state index contributed by atoms with van der Waals surface area (Å²) in [5.41, 5.74) is -5.55. The Kier molecular flexibility index (Phi) is 3.60. The van der Waals surface area contributed by atoms with Crippen molar-refractivity contribution in [1.29, 1.82) is 0 Å². The second-order valence-electron chi connectivity index (χ2n) is 4.17. The highest BCUT2D eigenvalue weighted by atomic mass is 32.2. The van der Waals surface area contributed by atoms with Crippen molar-refractivity contribution in [3.05, 3.63) is 36.4 Å². The molecule has 0 saturated heterocycles. The Balaban J connectivity index is 2.67. The summed E-state index contributed by atoms with van der Waals surface area (Å²) in [6.07, 6.45) is 3.51. The zero-order valence-electron chi connectivity index (χ0n) is 11.2. The Bertz CT molecular complexity index is 924. The van der Waals surface area contributed by atoms with Crippen LogP contribution in [0.2, 0.25) is 0 Å². The zero-order chi connectivity index (χ0) is 16.9. The van der Waals surface area contributed by atoms with Crippen molar-refractivity contribution in [2.75, 3.05) is 0 Å². The van der Waals surface area contributed by atoms with Crippen molar-refractivity contribution >= 4 is 20.2 Å². The molecule has 0 aromatic carbocycles. The zero-order valence-corrected chi connectivity index (χ0v) is 12.8. The van der Waals surface area contributed by atoms with Crippen molar-refractivity contribution in [2.24, 2.45) is 0 Å². The summed E-state index contributed by atoms with van der Waals surface area (Å²) in [5.74, 6) is -0.580. The van der Waals surface area contributed by atoms with Crippen LogP contribution in [-0.2, 0) is 20.2 Å². The lowest BCUT2D eigenvalue weighted by Crippen LogP contribution is -2.52. The van der Waals surface area contributed by atoms with Gasteiger partial charge >= 0.3 is 25.7 Å². The molecule has 0 aliphatic heterocycles. The van der Waals surface area contributed by atoms with Crippen LogP contribution in [0.15, 0.2) is 24.8 Å². The number of nitrogens with zero attached hydrogens (tertiary/aromatic N) is 4. The fraction of sp³-hybridized carbons (Fsp3) is 0.333. The fourth-order valence-corrected chi connectivity index (χ4v) is 4.08. The molecule has 0 spiro atoms. The van der Waals surface area contributed by atoms with E-state index in [1.165, 1.54) is 13.1 Å². The molecule has 0 bridgehead atoms. The van der Waals surface area contributed by atoms with Gasteiger partial charge in [0.1, 0.15) is 12.0 Å². The number of halogens is 3. The first-order valence-corrected chi connectivity index (χ1v) is 8.42. The SMILES string of the molecule is Cc1nccn1S(=O)(=O)n1cc[n+](S(=O)(=O)C(F)(F)F)c1C. The summed E-state index contributed by atoms with van der Waals surface area (Å²) in [4.78, 5) is 3.70. The summed E-state index contributed by atoms with van der Waals surface area (Å²) in [5, 5.41) is 0. The lowest BCUT2D eigenvalue weighted by Gasteiger charge is -2.06. The second-order valence-corrected chi connectivity index (χ2v) is 7.65. The van der Waals surface area contributed by atoms with Crippen LogP contribution < -0.4 is 3.97 Å². The lowest BCUT2D eigenvalue weighted by molar-refractivity contribution is -0.525. The third-order valence-corrected chi connectivity index (χ3v) is 6.06. The van der Waals surface area contributed by atoms with Gasteiger partial charge in [0.25, 0.3) is 5.82 Å². The Hall–Kier alpha value is -1.89. The van der Waals surface area contributed by atoms with E-state index in [4.69, 9.17) is 0 Å². The fourth-order valence-electron chi connectivity index (χ4n) is 1.75. The first kappa shape index (κ1) is 16.5. The largest absolute Gasteiger partial charge is 0.537 e. The Morgan fingerprint density at radius 2 is 1.68 bits per heavy atom. The van der Waals surface area contributed by atoms with Crippen molar-refractivity contribution in [3.63, 3.8) is 0 Å².